The van der Waals surface area contributed by atoms with Gasteiger partial charge < -0.3 is 10.0 Å². The van der Waals surface area contributed by atoms with E-state index in [0.29, 0.717) is 36.5 Å². The fraction of sp³-hybridized carbons (Fsp3) is 0.438. The number of aryl methyl sites for hydroxylation is 1. The maximum atomic E-state index is 12.5. The van der Waals surface area contributed by atoms with Crippen LogP contribution in [0, 0.1) is 11.7 Å². The molecule has 0 spiro atoms. The molecule has 7 heteroatoms. The molecule has 0 unspecified atom stereocenters. The minimum absolute atomic E-state index is 0.00256. The number of rotatable bonds is 3. The molecule has 23 heavy (non-hydrogen) atoms. The predicted molar refractivity (Wildman–Crippen MR) is 89.4 cm³/mol. The first-order chi connectivity index (χ1) is 11.0. The topological polar surface area (TPSA) is 74.2 Å². The third-order valence-corrected chi connectivity index (χ3v) is 4.49. The molecule has 3 rings (SSSR count). The lowest BCUT2D eigenvalue weighted by atomic mass is 10.1. The summed E-state index contributed by atoms with van der Waals surface area (Å²) < 4.78 is 2.17. The zero-order valence-electron chi connectivity index (χ0n) is 13.0. The van der Waals surface area contributed by atoms with E-state index >= 15 is 0 Å². The van der Waals surface area contributed by atoms with Crippen molar-refractivity contribution < 1.29 is 9.90 Å². The molecule has 1 aromatic heterocycles. The van der Waals surface area contributed by atoms with Gasteiger partial charge in [-0.2, -0.15) is 5.10 Å². The Balaban J connectivity index is 1.80. The molecule has 0 bridgehead atoms. The van der Waals surface area contributed by atoms with Crippen LogP contribution in [-0.4, -0.2) is 49.9 Å². The maximum absolute atomic E-state index is 12.5. The smallest absolute Gasteiger partial charge is 0.242 e. The van der Waals surface area contributed by atoms with E-state index in [0.717, 1.165) is 11.1 Å². The fourth-order valence-electron chi connectivity index (χ4n) is 2.74. The van der Waals surface area contributed by atoms with Crippen molar-refractivity contribution in [1.82, 2.24) is 19.7 Å². The van der Waals surface area contributed by atoms with Gasteiger partial charge >= 0.3 is 0 Å². The molecule has 0 saturated carbocycles. The molecular formula is C16H20N4O2S. The van der Waals surface area contributed by atoms with Crippen LogP contribution in [0.25, 0.3) is 11.4 Å². The van der Waals surface area contributed by atoms with E-state index in [1.807, 2.05) is 31.2 Å². The summed E-state index contributed by atoms with van der Waals surface area (Å²) in [5, 5.41) is 16.6. The minimum Gasteiger partial charge on any atom is -0.393 e. The van der Waals surface area contributed by atoms with Gasteiger partial charge in [0.15, 0.2) is 10.6 Å². The molecule has 1 saturated heterocycles. The first-order valence-corrected chi connectivity index (χ1v) is 8.13. The number of H-pyrrole nitrogens is 1. The molecule has 2 aromatic rings. The van der Waals surface area contributed by atoms with Crippen LogP contribution in [0.5, 0.6) is 0 Å². The van der Waals surface area contributed by atoms with Gasteiger partial charge in [-0.3, -0.25) is 14.5 Å². The van der Waals surface area contributed by atoms with E-state index in [1.54, 1.807) is 9.47 Å². The van der Waals surface area contributed by atoms with Crippen molar-refractivity contribution in [2.45, 2.75) is 32.4 Å². The van der Waals surface area contributed by atoms with Crippen LogP contribution in [0.2, 0.25) is 0 Å². The number of aromatic nitrogens is 3. The van der Waals surface area contributed by atoms with E-state index < -0.39 is 0 Å². The van der Waals surface area contributed by atoms with Gasteiger partial charge in [-0.05, 0) is 32.0 Å². The number of likely N-dealkylation sites (tertiary alicyclic amines) is 1. The first-order valence-electron chi connectivity index (χ1n) is 7.72. The summed E-state index contributed by atoms with van der Waals surface area (Å²) in [6.07, 6.45) is 0.971. The molecule has 0 atom stereocenters. The fourth-order valence-corrected chi connectivity index (χ4v) is 2.93. The molecule has 1 amide bonds. The monoisotopic (exact) mass is 332 g/mol. The van der Waals surface area contributed by atoms with E-state index in [4.69, 9.17) is 12.2 Å². The second-order valence-corrected chi connectivity index (χ2v) is 6.30. The number of amides is 1. The standard InChI is InChI=1S/C16H20N4O2S/c1-11-2-4-12(5-3-11)15-17-18-16(23)20(15)10-14(22)19-8-6-13(21)7-9-19/h2-5,13,21H,6-10H2,1H3,(H,18,23). The number of nitrogens with one attached hydrogen (secondary N) is 1. The van der Waals surface area contributed by atoms with E-state index in [-0.39, 0.29) is 18.6 Å². The SMILES string of the molecule is Cc1ccc(-c2n[nH]c(=S)n2CC(=O)N2CCC(O)CC2)cc1. The lowest BCUT2D eigenvalue weighted by Gasteiger charge is -2.29. The number of carbonyl (C=O) groups is 1. The van der Waals surface area contributed by atoms with Gasteiger partial charge in [0, 0.05) is 18.7 Å². The maximum Gasteiger partial charge on any atom is 0.242 e. The average molecular weight is 332 g/mol. The van der Waals surface area contributed by atoms with Gasteiger partial charge in [0.05, 0.1) is 6.10 Å². The van der Waals surface area contributed by atoms with Crippen molar-refractivity contribution in [3.8, 4) is 11.4 Å². The van der Waals surface area contributed by atoms with Gasteiger partial charge in [0.25, 0.3) is 0 Å². The molecular weight excluding hydrogens is 312 g/mol. The third-order valence-electron chi connectivity index (χ3n) is 4.18. The quantitative estimate of drug-likeness (QED) is 0.842. The molecule has 1 aromatic carbocycles. The number of aromatic amines is 1. The summed E-state index contributed by atoms with van der Waals surface area (Å²) >= 11 is 5.27. The van der Waals surface area contributed by atoms with E-state index in [9.17, 15) is 9.90 Å². The van der Waals surface area contributed by atoms with Gasteiger partial charge in [-0.15, -0.1) is 0 Å². The molecule has 2 heterocycles. The number of aliphatic hydroxyl groups excluding tert-OH is 1. The second-order valence-electron chi connectivity index (χ2n) is 5.92. The number of benzene rings is 1. The van der Waals surface area contributed by atoms with Crippen molar-refractivity contribution >= 4 is 18.1 Å². The van der Waals surface area contributed by atoms with Crippen molar-refractivity contribution in [2.24, 2.45) is 0 Å². The number of hydrogen-bond acceptors (Lipinski definition) is 4. The Bertz CT molecular complexity index is 742. The summed E-state index contributed by atoms with van der Waals surface area (Å²) in [5.74, 6) is 0.670. The Hall–Kier alpha value is -1.99. The highest BCUT2D eigenvalue weighted by molar-refractivity contribution is 7.71. The lowest BCUT2D eigenvalue weighted by molar-refractivity contribution is -0.133. The van der Waals surface area contributed by atoms with Gasteiger partial charge in [-0.25, -0.2) is 0 Å². The van der Waals surface area contributed by atoms with Crippen molar-refractivity contribution in [2.75, 3.05) is 13.1 Å². The van der Waals surface area contributed by atoms with Crippen LogP contribution in [0.15, 0.2) is 24.3 Å². The third kappa shape index (κ3) is 3.51. The van der Waals surface area contributed by atoms with Crippen LogP contribution >= 0.6 is 12.2 Å². The average Bonchev–Trinajstić information content (AvgIpc) is 2.90. The van der Waals surface area contributed by atoms with Gasteiger partial charge in [0.2, 0.25) is 5.91 Å². The van der Waals surface area contributed by atoms with E-state index in [1.165, 1.54) is 0 Å². The van der Waals surface area contributed by atoms with Crippen LogP contribution in [-0.2, 0) is 11.3 Å². The van der Waals surface area contributed by atoms with Crippen LogP contribution in [0.1, 0.15) is 18.4 Å². The Kier molecular flexibility index (Phi) is 4.58. The Labute approximate surface area is 139 Å². The zero-order valence-corrected chi connectivity index (χ0v) is 13.8. The number of nitrogens with zero attached hydrogens (tertiary/aromatic N) is 3. The highest BCUT2D eigenvalue weighted by atomic mass is 32.1. The summed E-state index contributed by atoms with van der Waals surface area (Å²) in [4.78, 5) is 14.3. The van der Waals surface area contributed by atoms with E-state index in [2.05, 4.69) is 10.2 Å². The number of piperidine rings is 1. The predicted octanol–water partition coefficient (Wildman–Crippen LogP) is 1.90. The van der Waals surface area contributed by atoms with Gasteiger partial charge in [0.1, 0.15) is 6.54 Å². The summed E-state index contributed by atoms with van der Waals surface area (Å²) in [6, 6.07) is 7.95. The van der Waals surface area contributed by atoms with Gasteiger partial charge in [-0.1, -0.05) is 29.8 Å². The number of carbonyl (C=O) groups excluding carboxylic acids is 1. The Morgan fingerprint density at radius 2 is 2.00 bits per heavy atom. The summed E-state index contributed by atoms with van der Waals surface area (Å²) in [5.41, 5.74) is 2.09. The Morgan fingerprint density at radius 1 is 1.35 bits per heavy atom. The first kappa shape index (κ1) is 15.9. The molecule has 1 aliphatic heterocycles. The number of aliphatic hydroxyl groups is 1. The molecule has 0 radical (unpaired) electrons. The van der Waals surface area contributed by atoms with Crippen LogP contribution in [0.3, 0.4) is 0 Å². The summed E-state index contributed by atoms with van der Waals surface area (Å²) in [7, 11) is 0. The van der Waals surface area contributed by atoms with Crippen LogP contribution < -0.4 is 0 Å². The van der Waals surface area contributed by atoms with Crippen molar-refractivity contribution in [3.05, 3.63) is 34.6 Å². The largest absolute Gasteiger partial charge is 0.393 e. The minimum atomic E-state index is -0.293. The lowest BCUT2D eigenvalue weighted by Crippen LogP contribution is -2.41. The number of hydrogen-bond donors (Lipinski definition) is 2. The highest BCUT2D eigenvalue weighted by Gasteiger charge is 2.22. The molecule has 2 N–H and O–H groups in total. The normalized spacial score (nSPS) is 15.8. The Morgan fingerprint density at radius 3 is 2.65 bits per heavy atom. The molecule has 1 aliphatic rings. The molecule has 6 nitrogen and oxygen atoms in total. The molecule has 0 aliphatic carbocycles. The van der Waals surface area contributed by atoms with Crippen molar-refractivity contribution in [1.29, 1.82) is 0 Å². The second kappa shape index (κ2) is 6.64. The zero-order chi connectivity index (χ0) is 16.4. The van der Waals surface area contributed by atoms with Crippen molar-refractivity contribution in [3.63, 3.8) is 0 Å². The molecule has 122 valence electrons. The molecule has 1 fully saturated rings. The summed E-state index contributed by atoms with van der Waals surface area (Å²) in [6.45, 7) is 3.36. The van der Waals surface area contributed by atoms with Crippen LogP contribution in [0.4, 0.5) is 0 Å². The highest BCUT2D eigenvalue weighted by Crippen LogP contribution is 2.19.